The van der Waals surface area contributed by atoms with Gasteiger partial charge in [-0.15, -0.1) is 0 Å². The van der Waals surface area contributed by atoms with Gasteiger partial charge in [0.1, 0.15) is 5.82 Å². The van der Waals surface area contributed by atoms with Crippen molar-refractivity contribution in [3.05, 3.63) is 72.3 Å². The number of nitrogens with zero attached hydrogens (tertiary/aromatic N) is 2. The zero-order valence-corrected chi connectivity index (χ0v) is 9.75. The molecule has 0 amide bonds. The molecule has 0 aliphatic carbocycles. The van der Waals surface area contributed by atoms with E-state index in [1.807, 2.05) is 24.4 Å². The Balaban J connectivity index is 2.10. The van der Waals surface area contributed by atoms with E-state index < -0.39 is 0 Å². The summed E-state index contributed by atoms with van der Waals surface area (Å²) in [5, 5.41) is 0. The minimum Gasteiger partial charge on any atom is -0.303 e. The first-order chi connectivity index (χ1) is 8.36. The van der Waals surface area contributed by atoms with Crippen LogP contribution in [0.1, 0.15) is 24.2 Å². The minimum absolute atomic E-state index is 0.307. The standard InChI is InChI=1S/C15H14N2/c1-12(13-7-3-2-4-8-13)15-16-11-14-9-5-6-10-17(14)15/h2-12H,1H3. The Kier molecular flexibility index (Phi) is 2.41. The van der Waals surface area contributed by atoms with Crippen molar-refractivity contribution in [2.45, 2.75) is 12.8 Å². The second-order valence-electron chi connectivity index (χ2n) is 4.24. The number of hydrogen-bond donors (Lipinski definition) is 0. The number of rotatable bonds is 2. The summed E-state index contributed by atoms with van der Waals surface area (Å²) in [7, 11) is 0. The highest BCUT2D eigenvalue weighted by atomic mass is 15.0. The predicted molar refractivity (Wildman–Crippen MR) is 69.2 cm³/mol. The van der Waals surface area contributed by atoms with Crippen molar-refractivity contribution in [1.82, 2.24) is 9.38 Å². The lowest BCUT2D eigenvalue weighted by Gasteiger charge is -2.10. The van der Waals surface area contributed by atoms with Crippen LogP contribution in [0, 0.1) is 0 Å². The number of aromatic nitrogens is 2. The van der Waals surface area contributed by atoms with E-state index in [4.69, 9.17) is 0 Å². The third kappa shape index (κ3) is 1.72. The summed E-state index contributed by atoms with van der Waals surface area (Å²) >= 11 is 0. The van der Waals surface area contributed by atoms with Gasteiger partial charge in [-0.25, -0.2) is 4.98 Å². The van der Waals surface area contributed by atoms with Gasteiger partial charge in [-0.3, -0.25) is 0 Å². The molecule has 0 N–H and O–H groups in total. The van der Waals surface area contributed by atoms with E-state index in [0.29, 0.717) is 5.92 Å². The Hall–Kier alpha value is -2.09. The lowest BCUT2D eigenvalue weighted by molar-refractivity contribution is 0.811. The smallest absolute Gasteiger partial charge is 0.120 e. The Morgan fingerprint density at radius 2 is 1.76 bits per heavy atom. The van der Waals surface area contributed by atoms with Crippen molar-refractivity contribution in [1.29, 1.82) is 0 Å². The van der Waals surface area contributed by atoms with E-state index in [1.54, 1.807) is 0 Å². The quantitative estimate of drug-likeness (QED) is 0.648. The van der Waals surface area contributed by atoms with Crippen LogP contribution in [0.2, 0.25) is 0 Å². The molecule has 0 fully saturated rings. The van der Waals surface area contributed by atoms with Crippen molar-refractivity contribution in [3.8, 4) is 0 Å². The van der Waals surface area contributed by atoms with Crippen LogP contribution in [0.4, 0.5) is 0 Å². The van der Waals surface area contributed by atoms with E-state index >= 15 is 0 Å². The van der Waals surface area contributed by atoms with Gasteiger partial charge in [0, 0.05) is 12.1 Å². The highest BCUT2D eigenvalue weighted by Crippen LogP contribution is 2.23. The first-order valence-corrected chi connectivity index (χ1v) is 5.83. The summed E-state index contributed by atoms with van der Waals surface area (Å²) < 4.78 is 2.15. The molecule has 2 heterocycles. The zero-order chi connectivity index (χ0) is 11.7. The summed E-state index contributed by atoms with van der Waals surface area (Å²) in [4.78, 5) is 4.53. The van der Waals surface area contributed by atoms with E-state index in [0.717, 1.165) is 11.3 Å². The highest BCUT2D eigenvalue weighted by molar-refractivity contribution is 5.46. The molecule has 3 aromatic rings. The monoisotopic (exact) mass is 222 g/mol. The van der Waals surface area contributed by atoms with Gasteiger partial charge in [-0.1, -0.05) is 43.3 Å². The highest BCUT2D eigenvalue weighted by Gasteiger charge is 2.13. The summed E-state index contributed by atoms with van der Waals surface area (Å²) in [6, 6.07) is 16.6. The van der Waals surface area contributed by atoms with Gasteiger partial charge < -0.3 is 4.40 Å². The van der Waals surface area contributed by atoms with Crippen LogP contribution < -0.4 is 0 Å². The molecule has 0 aliphatic rings. The van der Waals surface area contributed by atoms with E-state index in [-0.39, 0.29) is 0 Å². The van der Waals surface area contributed by atoms with Gasteiger partial charge in [0.25, 0.3) is 0 Å². The molecule has 1 aromatic carbocycles. The number of imidazole rings is 1. The van der Waals surface area contributed by atoms with Crippen molar-refractivity contribution in [2.24, 2.45) is 0 Å². The molecule has 0 saturated carbocycles. The average Bonchev–Trinajstić information content (AvgIpc) is 2.83. The largest absolute Gasteiger partial charge is 0.303 e. The number of benzene rings is 1. The van der Waals surface area contributed by atoms with Crippen LogP contribution in [0.15, 0.2) is 60.9 Å². The van der Waals surface area contributed by atoms with Crippen LogP contribution in [0.25, 0.3) is 5.52 Å². The molecule has 2 nitrogen and oxygen atoms in total. The molecule has 2 heteroatoms. The molecule has 84 valence electrons. The molecule has 0 saturated heterocycles. The number of fused-ring (bicyclic) bond motifs is 1. The molecule has 0 spiro atoms. The SMILES string of the molecule is CC(c1ccccc1)c1ncc2ccccn12. The fraction of sp³-hybridized carbons (Fsp3) is 0.133. The van der Waals surface area contributed by atoms with Crippen LogP contribution in [0.3, 0.4) is 0 Å². The summed E-state index contributed by atoms with van der Waals surface area (Å²) in [5.41, 5.74) is 2.44. The van der Waals surface area contributed by atoms with Crippen LogP contribution >= 0.6 is 0 Å². The lowest BCUT2D eigenvalue weighted by Crippen LogP contribution is -2.01. The Labute approximate surface area is 101 Å². The lowest BCUT2D eigenvalue weighted by atomic mass is 10.0. The van der Waals surface area contributed by atoms with Crippen LogP contribution in [-0.4, -0.2) is 9.38 Å². The summed E-state index contributed by atoms with van der Waals surface area (Å²) in [6.07, 6.45) is 3.99. The Morgan fingerprint density at radius 1 is 1.00 bits per heavy atom. The maximum Gasteiger partial charge on any atom is 0.120 e. The second kappa shape index (κ2) is 4.06. The van der Waals surface area contributed by atoms with E-state index in [9.17, 15) is 0 Å². The molecular formula is C15H14N2. The minimum atomic E-state index is 0.307. The molecule has 2 aromatic heterocycles. The molecule has 0 aliphatic heterocycles. The first kappa shape index (κ1) is 10.1. The summed E-state index contributed by atoms with van der Waals surface area (Å²) in [5.74, 6) is 1.40. The fourth-order valence-electron chi connectivity index (χ4n) is 2.18. The molecule has 3 rings (SSSR count). The molecule has 1 atom stereocenters. The zero-order valence-electron chi connectivity index (χ0n) is 9.75. The molecular weight excluding hydrogens is 208 g/mol. The van der Waals surface area contributed by atoms with Crippen molar-refractivity contribution in [3.63, 3.8) is 0 Å². The Morgan fingerprint density at radius 3 is 2.59 bits per heavy atom. The van der Waals surface area contributed by atoms with Gasteiger partial charge in [-0.05, 0) is 17.7 Å². The van der Waals surface area contributed by atoms with E-state index in [2.05, 4.69) is 52.8 Å². The third-order valence-electron chi connectivity index (χ3n) is 3.15. The molecule has 1 unspecified atom stereocenters. The van der Waals surface area contributed by atoms with Gasteiger partial charge in [-0.2, -0.15) is 0 Å². The Bertz CT molecular complexity index is 625. The van der Waals surface area contributed by atoms with Gasteiger partial charge >= 0.3 is 0 Å². The van der Waals surface area contributed by atoms with Gasteiger partial charge in [0.05, 0.1) is 11.7 Å². The van der Waals surface area contributed by atoms with E-state index in [1.165, 1.54) is 5.56 Å². The molecule has 0 radical (unpaired) electrons. The van der Waals surface area contributed by atoms with Crippen molar-refractivity contribution in [2.75, 3.05) is 0 Å². The maximum absolute atomic E-state index is 4.53. The van der Waals surface area contributed by atoms with Gasteiger partial charge in [0.15, 0.2) is 0 Å². The third-order valence-corrected chi connectivity index (χ3v) is 3.15. The summed E-state index contributed by atoms with van der Waals surface area (Å²) in [6.45, 7) is 2.19. The topological polar surface area (TPSA) is 17.3 Å². The maximum atomic E-state index is 4.53. The number of hydrogen-bond acceptors (Lipinski definition) is 1. The van der Waals surface area contributed by atoms with Gasteiger partial charge in [0.2, 0.25) is 0 Å². The molecule has 0 bridgehead atoms. The number of pyridine rings is 1. The second-order valence-corrected chi connectivity index (χ2v) is 4.24. The fourth-order valence-corrected chi connectivity index (χ4v) is 2.18. The first-order valence-electron chi connectivity index (χ1n) is 5.83. The normalized spacial score (nSPS) is 12.8. The average molecular weight is 222 g/mol. The van der Waals surface area contributed by atoms with Crippen LogP contribution in [0.5, 0.6) is 0 Å². The van der Waals surface area contributed by atoms with Crippen LogP contribution in [-0.2, 0) is 0 Å². The van der Waals surface area contributed by atoms with Crippen molar-refractivity contribution >= 4 is 5.52 Å². The predicted octanol–water partition coefficient (Wildman–Crippen LogP) is 3.49. The van der Waals surface area contributed by atoms with Crippen molar-refractivity contribution < 1.29 is 0 Å². The molecule has 17 heavy (non-hydrogen) atoms.